The van der Waals surface area contributed by atoms with Crippen molar-refractivity contribution in [3.05, 3.63) is 11.6 Å². The van der Waals surface area contributed by atoms with Crippen molar-refractivity contribution in [3.8, 4) is 0 Å². The Hall–Kier alpha value is -1.08. The Morgan fingerprint density at radius 2 is 1.67 bits per heavy atom. The molecule has 0 aromatic carbocycles. The Labute approximate surface area is 159 Å². The highest BCUT2D eigenvalue weighted by atomic mass is 16.5. The van der Waals surface area contributed by atoms with Gasteiger partial charge in [0.15, 0.2) is 5.78 Å². The molecule has 7 unspecified atom stereocenters. The summed E-state index contributed by atoms with van der Waals surface area (Å²) in [6.45, 7) is 7.37. The van der Waals surface area contributed by atoms with Gasteiger partial charge in [-0.1, -0.05) is 26.3 Å². The van der Waals surface area contributed by atoms with Gasteiger partial charge in [-0.05, 0) is 43.6 Å². The molecule has 3 fully saturated rings. The summed E-state index contributed by atoms with van der Waals surface area (Å²) in [5.41, 5.74) is -2.88. The lowest BCUT2D eigenvalue weighted by Gasteiger charge is -2.70. The van der Waals surface area contributed by atoms with Crippen molar-refractivity contribution >= 4 is 11.6 Å². The zero-order valence-corrected chi connectivity index (χ0v) is 16.4. The molecule has 0 aliphatic heterocycles. The van der Waals surface area contributed by atoms with E-state index in [1.165, 1.54) is 6.08 Å². The van der Waals surface area contributed by atoms with Crippen molar-refractivity contribution in [1.82, 2.24) is 0 Å². The fourth-order valence-corrected chi connectivity index (χ4v) is 7.40. The predicted octanol–water partition coefficient (Wildman–Crippen LogP) is 0.956. The van der Waals surface area contributed by atoms with Crippen LogP contribution in [-0.2, 0) is 9.59 Å². The van der Waals surface area contributed by atoms with Gasteiger partial charge in [0.1, 0.15) is 17.3 Å². The number of Topliss-reactive ketones (excluding diaryl/α,β-unsaturated/α-hetero) is 1. The van der Waals surface area contributed by atoms with Crippen molar-refractivity contribution < 1.29 is 30.0 Å². The second-order valence-corrected chi connectivity index (χ2v) is 10.1. The number of hydrogen-bond acceptors (Lipinski definition) is 6. The summed E-state index contributed by atoms with van der Waals surface area (Å²) >= 11 is 0. The fraction of sp³-hybridized carbons (Fsp3) is 0.810. The first-order valence-corrected chi connectivity index (χ1v) is 9.91. The van der Waals surface area contributed by atoms with Crippen molar-refractivity contribution in [1.29, 1.82) is 0 Å². The predicted molar refractivity (Wildman–Crippen MR) is 96.2 cm³/mol. The van der Waals surface area contributed by atoms with Gasteiger partial charge in [-0.25, -0.2) is 0 Å². The minimum Gasteiger partial charge on any atom is -0.391 e. The van der Waals surface area contributed by atoms with E-state index >= 15 is 0 Å². The molecule has 6 nitrogen and oxygen atoms in total. The number of ketones is 2. The average Bonchev–Trinajstić information content (AvgIpc) is 2.55. The summed E-state index contributed by atoms with van der Waals surface area (Å²) in [5, 5.41) is 44.8. The van der Waals surface area contributed by atoms with Crippen LogP contribution >= 0.6 is 0 Å². The summed E-state index contributed by atoms with van der Waals surface area (Å²) in [5.74, 6) is -5.27. The third kappa shape index (κ3) is 1.90. The van der Waals surface area contributed by atoms with Gasteiger partial charge >= 0.3 is 0 Å². The van der Waals surface area contributed by atoms with E-state index in [-0.39, 0.29) is 11.7 Å². The summed E-state index contributed by atoms with van der Waals surface area (Å²) in [6.07, 6.45) is 0.202. The quantitative estimate of drug-likeness (QED) is 0.467. The molecule has 2 bridgehead atoms. The highest BCUT2D eigenvalue weighted by Crippen LogP contribution is 2.70. The minimum atomic E-state index is -2.80. The zero-order chi connectivity index (χ0) is 20.2. The van der Waals surface area contributed by atoms with E-state index in [1.807, 2.05) is 13.8 Å². The minimum absolute atomic E-state index is 0.0597. The first kappa shape index (κ1) is 19.2. The lowest BCUT2D eigenvalue weighted by atomic mass is 9.35. The van der Waals surface area contributed by atoms with E-state index in [4.69, 9.17) is 0 Å². The van der Waals surface area contributed by atoms with Crippen LogP contribution in [0.15, 0.2) is 11.6 Å². The Morgan fingerprint density at radius 1 is 1.04 bits per heavy atom. The van der Waals surface area contributed by atoms with Gasteiger partial charge in [-0.15, -0.1) is 0 Å². The third-order valence-electron chi connectivity index (χ3n) is 8.66. The van der Waals surface area contributed by atoms with Crippen LogP contribution in [0.4, 0.5) is 0 Å². The largest absolute Gasteiger partial charge is 0.391 e. The molecule has 0 aromatic rings. The maximum atomic E-state index is 13.2. The number of aliphatic hydroxyl groups excluding tert-OH is 2. The summed E-state index contributed by atoms with van der Waals surface area (Å²) < 4.78 is 0. The molecule has 4 aliphatic carbocycles. The van der Waals surface area contributed by atoms with Gasteiger partial charge in [0.2, 0.25) is 5.79 Å². The number of aliphatic hydroxyl groups is 4. The van der Waals surface area contributed by atoms with Gasteiger partial charge in [-0.3, -0.25) is 9.59 Å². The molecule has 0 radical (unpaired) electrons. The maximum absolute atomic E-state index is 13.2. The third-order valence-corrected chi connectivity index (χ3v) is 8.66. The molecule has 6 heteroatoms. The molecule has 3 saturated carbocycles. The number of fused-ring (bicyclic) bond motifs is 3. The number of hydrogen-bond donors (Lipinski definition) is 4. The monoisotopic (exact) mass is 378 g/mol. The van der Waals surface area contributed by atoms with Gasteiger partial charge in [0.25, 0.3) is 0 Å². The molecule has 0 heterocycles. The second kappa shape index (κ2) is 5.29. The molecule has 1 spiro atoms. The van der Waals surface area contributed by atoms with Crippen molar-refractivity contribution in [2.75, 3.05) is 0 Å². The van der Waals surface area contributed by atoms with Crippen molar-refractivity contribution in [3.63, 3.8) is 0 Å². The Kier molecular flexibility index (Phi) is 3.77. The molecular formula is C21H30O6. The number of rotatable bonds is 0. The van der Waals surface area contributed by atoms with E-state index in [9.17, 15) is 30.0 Å². The van der Waals surface area contributed by atoms with Crippen molar-refractivity contribution in [2.45, 2.75) is 71.4 Å². The molecule has 4 N–H and O–H groups in total. The van der Waals surface area contributed by atoms with Crippen LogP contribution in [0.1, 0.15) is 53.4 Å². The van der Waals surface area contributed by atoms with Crippen LogP contribution in [0.25, 0.3) is 0 Å². The van der Waals surface area contributed by atoms with Crippen LogP contribution in [0, 0.1) is 34.0 Å². The molecular weight excluding hydrogens is 348 g/mol. The Balaban J connectivity index is 2.03. The van der Waals surface area contributed by atoms with E-state index in [2.05, 4.69) is 0 Å². The summed E-state index contributed by atoms with van der Waals surface area (Å²) in [4.78, 5) is 26.5. The lowest BCUT2D eigenvalue weighted by Crippen LogP contribution is -2.81. The van der Waals surface area contributed by atoms with E-state index in [0.29, 0.717) is 31.3 Å². The van der Waals surface area contributed by atoms with Gasteiger partial charge in [0, 0.05) is 23.7 Å². The summed E-state index contributed by atoms with van der Waals surface area (Å²) in [7, 11) is 0. The summed E-state index contributed by atoms with van der Waals surface area (Å²) in [6, 6.07) is 0. The molecule has 4 aliphatic rings. The first-order valence-electron chi connectivity index (χ1n) is 9.91. The fourth-order valence-electron chi connectivity index (χ4n) is 7.40. The topological polar surface area (TPSA) is 115 Å². The first-order chi connectivity index (χ1) is 12.3. The SMILES string of the molecule is CC1=CC(=O)C23C(O)C1CCC2C1(C)C(=O)CCC(C)(C)C1C(O)C3(O)O. The normalized spacial score (nSPS) is 50.5. The average molecular weight is 378 g/mol. The van der Waals surface area contributed by atoms with Crippen LogP contribution in [0.5, 0.6) is 0 Å². The van der Waals surface area contributed by atoms with Gasteiger partial charge in [-0.2, -0.15) is 0 Å². The molecule has 0 aromatic heterocycles. The Bertz CT molecular complexity index is 752. The number of carbonyl (C=O) groups excluding carboxylic acids is 2. The Morgan fingerprint density at radius 3 is 2.30 bits per heavy atom. The number of carbonyl (C=O) groups is 2. The second-order valence-electron chi connectivity index (χ2n) is 10.1. The van der Waals surface area contributed by atoms with Crippen LogP contribution < -0.4 is 0 Å². The van der Waals surface area contributed by atoms with E-state index in [1.54, 1.807) is 13.8 Å². The molecule has 0 amide bonds. The van der Waals surface area contributed by atoms with E-state index in [0.717, 1.165) is 0 Å². The zero-order valence-electron chi connectivity index (χ0n) is 16.4. The van der Waals surface area contributed by atoms with Crippen LogP contribution in [0.2, 0.25) is 0 Å². The standard InChI is InChI=1S/C21H30O6/c1-10-9-14(23)20-12(6-5-11(10)16(20)24)19(4)13(22)7-8-18(2,3)15(19)17(25)21(20,26)27/h9,11-12,15-17,24-27H,5-8H2,1-4H3. The molecule has 150 valence electrons. The maximum Gasteiger partial charge on any atom is 0.205 e. The van der Waals surface area contributed by atoms with Gasteiger partial charge in [0.05, 0.1) is 6.10 Å². The molecule has 4 rings (SSSR count). The van der Waals surface area contributed by atoms with Crippen LogP contribution in [-0.4, -0.2) is 50.0 Å². The number of allylic oxidation sites excluding steroid dienone is 1. The highest BCUT2D eigenvalue weighted by Gasteiger charge is 2.80. The van der Waals surface area contributed by atoms with E-state index < -0.39 is 51.9 Å². The van der Waals surface area contributed by atoms with Crippen molar-refractivity contribution in [2.24, 2.45) is 34.0 Å². The highest BCUT2D eigenvalue weighted by molar-refractivity contribution is 6.00. The van der Waals surface area contributed by atoms with Crippen LogP contribution in [0.3, 0.4) is 0 Å². The molecule has 27 heavy (non-hydrogen) atoms. The molecule has 7 atom stereocenters. The smallest absolute Gasteiger partial charge is 0.205 e. The lowest BCUT2D eigenvalue weighted by molar-refractivity contribution is -0.379. The van der Waals surface area contributed by atoms with Gasteiger partial charge < -0.3 is 20.4 Å². The molecule has 0 saturated heterocycles.